The number of benzene rings is 1. The van der Waals surface area contributed by atoms with Crippen molar-refractivity contribution in [2.75, 3.05) is 25.0 Å². The molecule has 0 bridgehead atoms. The van der Waals surface area contributed by atoms with Gasteiger partial charge in [0.2, 0.25) is 0 Å². The van der Waals surface area contributed by atoms with E-state index in [0.29, 0.717) is 18.1 Å². The summed E-state index contributed by atoms with van der Waals surface area (Å²) in [7, 11) is 1.95. The normalized spacial score (nSPS) is 10.7. The molecule has 7 heteroatoms. The van der Waals surface area contributed by atoms with Crippen molar-refractivity contribution >= 4 is 27.9 Å². The van der Waals surface area contributed by atoms with Crippen LogP contribution in [0, 0.1) is 0 Å². The summed E-state index contributed by atoms with van der Waals surface area (Å²) >= 11 is 1.35. The lowest BCUT2D eigenvalue weighted by Crippen LogP contribution is -2.36. The number of nitrogens with one attached hydrogen (secondary N) is 1. The molecule has 0 aliphatic carbocycles. The lowest BCUT2D eigenvalue weighted by molar-refractivity contribution is 0.0952. The van der Waals surface area contributed by atoms with E-state index in [9.17, 15) is 9.59 Å². The molecule has 0 spiro atoms. The molecule has 1 N–H and O–H groups in total. The molecule has 3 aromatic rings. The first-order valence-corrected chi connectivity index (χ1v) is 8.04. The highest BCUT2D eigenvalue weighted by Gasteiger charge is 2.13. The number of likely N-dealkylation sites (N-methyl/N-ethyl adjacent to an activating group) is 1. The van der Waals surface area contributed by atoms with Gasteiger partial charge in [-0.25, -0.2) is 4.98 Å². The molecule has 6 nitrogen and oxygen atoms in total. The average molecular weight is 328 g/mol. The van der Waals surface area contributed by atoms with Gasteiger partial charge < -0.3 is 10.2 Å². The summed E-state index contributed by atoms with van der Waals surface area (Å²) < 4.78 is 1.38. The maximum atomic E-state index is 12.2. The summed E-state index contributed by atoms with van der Waals surface area (Å²) in [6.07, 6.45) is 2.96. The van der Waals surface area contributed by atoms with Gasteiger partial charge in [0.25, 0.3) is 11.5 Å². The zero-order valence-corrected chi connectivity index (χ0v) is 13.4. The molecule has 0 unspecified atom stereocenters. The second-order valence-corrected chi connectivity index (χ2v) is 5.92. The second-order valence-electron chi connectivity index (χ2n) is 5.05. The Hall–Kier alpha value is -2.67. The summed E-state index contributed by atoms with van der Waals surface area (Å²) in [6.45, 7) is 1.08. The molecule has 3 rings (SSSR count). The summed E-state index contributed by atoms with van der Waals surface area (Å²) in [5.74, 6) is -0.399. The van der Waals surface area contributed by atoms with Gasteiger partial charge in [-0.2, -0.15) is 0 Å². The third kappa shape index (κ3) is 3.24. The molecule has 0 aliphatic rings. The molecule has 23 heavy (non-hydrogen) atoms. The molecule has 0 saturated carbocycles. The molecule has 0 radical (unpaired) electrons. The molecule has 2 aromatic heterocycles. The summed E-state index contributed by atoms with van der Waals surface area (Å²) in [6, 6.07) is 9.89. The zero-order valence-electron chi connectivity index (χ0n) is 12.6. The maximum Gasteiger partial charge on any atom is 0.271 e. The Kier molecular flexibility index (Phi) is 4.38. The average Bonchev–Trinajstić information content (AvgIpc) is 3.05. The number of para-hydroxylation sites is 1. The minimum absolute atomic E-state index is 0.0586. The summed E-state index contributed by atoms with van der Waals surface area (Å²) in [5, 5.41) is 4.53. The molecule has 1 aromatic carbocycles. The van der Waals surface area contributed by atoms with Gasteiger partial charge in [-0.15, -0.1) is 11.3 Å². The van der Waals surface area contributed by atoms with Crippen molar-refractivity contribution in [3.05, 3.63) is 64.0 Å². The van der Waals surface area contributed by atoms with Gasteiger partial charge in [0.1, 0.15) is 5.56 Å². The van der Waals surface area contributed by atoms with Crippen molar-refractivity contribution in [2.24, 2.45) is 0 Å². The maximum absolute atomic E-state index is 12.2. The van der Waals surface area contributed by atoms with Crippen LogP contribution in [0.1, 0.15) is 10.4 Å². The van der Waals surface area contributed by atoms with E-state index >= 15 is 0 Å². The fourth-order valence-corrected chi connectivity index (χ4v) is 2.90. The standard InChI is InChI=1S/C16H16N4O2S/c1-19(12-5-3-2-4-6-12)8-7-17-14(21)13-11-18-16-20(15(13)22)9-10-23-16/h2-6,9-11H,7-8H2,1H3,(H,17,21). The van der Waals surface area contributed by atoms with E-state index in [2.05, 4.69) is 10.3 Å². The number of fused-ring (bicyclic) bond motifs is 1. The second kappa shape index (κ2) is 6.62. The van der Waals surface area contributed by atoms with Crippen molar-refractivity contribution in [3.63, 3.8) is 0 Å². The van der Waals surface area contributed by atoms with Gasteiger partial charge in [0.05, 0.1) is 0 Å². The Labute approximate surface area is 137 Å². The van der Waals surface area contributed by atoms with E-state index in [0.717, 1.165) is 5.69 Å². The van der Waals surface area contributed by atoms with Gasteiger partial charge in [-0.05, 0) is 12.1 Å². The van der Waals surface area contributed by atoms with Gasteiger partial charge in [-0.1, -0.05) is 18.2 Å². The third-order valence-electron chi connectivity index (χ3n) is 3.52. The van der Waals surface area contributed by atoms with Crippen LogP contribution in [0.15, 0.2) is 52.9 Å². The molecule has 0 fully saturated rings. The van der Waals surface area contributed by atoms with Crippen LogP contribution in [0.3, 0.4) is 0 Å². The molecule has 118 valence electrons. The molecular formula is C16H16N4O2S. The Bertz CT molecular complexity index is 872. The zero-order chi connectivity index (χ0) is 16.2. The van der Waals surface area contributed by atoms with Gasteiger partial charge in [0, 0.05) is 43.6 Å². The third-order valence-corrected chi connectivity index (χ3v) is 4.29. The van der Waals surface area contributed by atoms with Crippen molar-refractivity contribution in [2.45, 2.75) is 0 Å². The van der Waals surface area contributed by atoms with E-state index in [-0.39, 0.29) is 11.1 Å². The number of hydrogen-bond donors (Lipinski definition) is 1. The molecule has 0 atom stereocenters. The predicted molar refractivity (Wildman–Crippen MR) is 91.4 cm³/mol. The quantitative estimate of drug-likeness (QED) is 0.773. The summed E-state index contributed by atoms with van der Waals surface area (Å²) in [4.78, 5) is 31.1. The van der Waals surface area contributed by atoms with E-state index in [4.69, 9.17) is 0 Å². The van der Waals surface area contributed by atoms with Gasteiger partial charge in [-0.3, -0.25) is 14.0 Å². The van der Waals surface area contributed by atoms with Crippen LogP contribution in [0.5, 0.6) is 0 Å². The van der Waals surface area contributed by atoms with Crippen LogP contribution in [0.4, 0.5) is 5.69 Å². The highest BCUT2D eigenvalue weighted by atomic mass is 32.1. The fraction of sp³-hybridized carbons (Fsp3) is 0.188. The van der Waals surface area contributed by atoms with Crippen molar-refractivity contribution in [3.8, 4) is 0 Å². The first-order chi connectivity index (χ1) is 11.2. The van der Waals surface area contributed by atoms with Gasteiger partial charge >= 0.3 is 0 Å². The number of thiazole rings is 1. The van der Waals surface area contributed by atoms with Crippen LogP contribution < -0.4 is 15.8 Å². The van der Waals surface area contributed by atoms with Crippen molar-refractivity contribution < 1.29 is 4.79 Å². The van der Waals surface area contributed by atoms with Crippen LogP contribution in [-0.2, 0) is 0 Å². The summed E-state index contributed by atoms with van der Waals surface area (Å²) in [5.41, 5.74) is 0.789. The Morgan fingerprint density at radius 1 is 1.35 bits per heavy atom. The van der Waals surface area contributed by atoms with Crippen LogP contribution in [-0.4, -0.2) is 35.4 Å². The number of carbonyl (C=O) groups is 1. The Morgan fingerprint density at radius 2 is 2.13 bits per heavy atom. The van der Waals surface area contributed by atoms with E-state index < -0.39 is 5.91 Å². The number of amides is 1. The first-order valence-electron chi connectivity index (χ1n) is 7.16. The Morgan fingerprint density at radius 3 is 2.91 bits per heavy atom. The lowest BCUT2D eigenvalue weighted by Gasteiger charge is -2.19. The topological polar surface area (TPSA) is 66.7 Å². The van der Waals surface area contributed by atoms with Crippen LogP contribution in [0.25, 0.3) is 4.96 Å². The Balaban J connectivity index is 1.63. The number of anilines is 1. The van der Waals surface area contributed by atoms with Crippen LogP contribution >= 0.6 is 11.3 Å². The highest BCUT2D eigenvalue weighted by molar-refractivity contribution is 7.15. The highest BCUT2D eigenvalue weighted by Crippen LogP contribution is 2.10. The monoisotopic (exact) mass is 328 g/mol. The molecular weight excluding hydrogens is 312 g/mol. The number of rotatable bonds is 5. The molecule has 0 saturated heterocycles. The fourth-order valence-electron chi connectivity index (χ4n) is 2.22. The molecule has 2 heterocycles. The van der Waals surface area contributed by atoms with E-state index in [1.165, 1.54) is 21.9 Å². The smallest absolute Gasteiger partial charge is 0.271 e. The van der Waals surface area contributed by atoms with Crippen molar-refractivity contribution in [1.29, 1.82) is 0 Å². The number of carbonyl (C=O) groups excluding carboxylic acids is 1. The van der Waals surface area contributed by atoms with Crippen molar-refractivity contribution in [1.82, 2.24) is 14.7 Å². The largest absolute Gasteiger partial charge is 0.373 e. The van der Waals surface area contributed by atoms with Gasteiger partial charge in [0.15, 0.2) is 4.96 Å². The van der Waals surface area contributed by atoms with E-state index in [1.54, 1.807) is 11.6 Å². The number of nitrogens with zero attached hydrogens (tertiary/aromatic N) is 3. The number of hydrogen-bond acceptors (Lipinski definition) is 5. The predicted octanol–water partition coefficient (Wildman–Crippen LogP) is 1.62. The minimum Gasteiger partial charge on any atom is -0.373 e. The lowest BCUT2D eigenvalue weighted by atomic mass is 10.3. The van der Waals surface area contributed by atoms with E-state index in [1.807, 2.05) is 42.3 Å². The van der Waals surface area contributed by atoms with Crippen LogP contribution in [0.2, 0.25) is 0 Å². The SMILES string of the molecule is CN(CCNC(=O)c1cnc2sccn2c1=O)c1ccccc1. The molecule has 1 amide bonds. The number of aromatic nitrogens is 2. The molecule has 0 aliphatic heterocycles. The minimum atomic E-state index is -0.399. The first kappa shape index (κ1) is 15.2.